The van der Waals surface area contributed by atoms with Gasteiger partial charge in [0.2, 0.25) is 5.91 Å². The van der Waals surface area contributed by atoms with Crippen molar-refractivity contribution in [3.8, 4) is 0 Å². The van der Waals surface area contributed by atoms with Crippen LogP contribution in [0.15, 0.2) is 42.7 Å². The lowest BCUT2D eigenvalue weighted by molar-refractivity contribution is -0.385. The third kappa shape index (κ3) is 3.86. The van der Waals surface area contributed by atoms with Gasteiger partial charge in [-0.15, -0.1) is 0 Å². The van der Waals surface area contributed by atoms with E-state index in [9.17, 15) is 20.0 Å². The summed E-state index contributed by atoms with van der Waals surface area (Å²) in [6.45, 7) is -0.397. The summed E-state index contributed by atoms with van der Waals surface area (Å²) in [6.07, 6.45) is 2.25. The van der Waals surface area contributed by atoms with E-state index < -0.39 is 16.9 Å². The Kier molecular flexibility index (Phi) is 4.62. The number of aliphatic hydroxyl groups is 1. The van der Waals surface area contributed by atoms with Gasteiger partial charge in [-0.2, -0.15) is 5.10 Å². The van der Waals surface area contributed by atoms with Gasteiger partial charge in [0, 0.05) is 0 Å². The van der Waals surface area contributed by atoms with Gasteiger partial charge in [0.15, 0.2) is 0 Å². The summed E-state index contributed by atoms with van der Waals surface area (Å²) in [6, 6.07) is 8.51. The van der Waals surface area contributed by atoms with E-state index >= 15 is 0 Å². The van der Waals surface area contributed by atoms with Gasteiger partial charge in [0.1, 0.15) is 18.9 Å². The van der Waals surface area contributed by atoms with Crippen LogP contribution in [0.4, 0.5) is 5.69 Å². The van der Waals surface area contributed by atoms with Crippen LogP contribution in [0, 0.1) is 10.1 Å². The standard InChI is InChI=1S/C13H14N4O4/c18-9-12(10-4-2-1-3-5-10)15-13(19)8-16-7-11(6-14-16)17(20)21/h1-7,12,18H,8-9H2,(H,15,19)/t12-/m1/s1. The molecule has 0 saturated heterocycles. The Labute approximate surface area is 120 Å². The first-order valence-electron chi connectivity index (χ1n) is 6.22. The van der Waals surface area contributed by atoms with E-state index in [0.29, 0.717) is 0 Å². The van der Waals surface area contributed by atoms with E-state index in [0.717, 1.165) is 11.8 Å². The number of amides is 1. The van der Waals surface area contributed by atoms with E-state index in [1.807, 2.05) is 6.07 Å². The van der Waals surface area contributed by atoms with Crippen molar-refractivity contribution < 1.29 is 14.8 Å². The predicted octanol–water partition coefficient (Wildman–Crippen LogP) is 0.641. The Morgan fingerprint density at radius 3 is 2.71 bits per heavy atom. The molecule has 21 heavy (non-hydrogen) atoms. The molecule has 1 amide bonds. The summed E-state index contributed by atoms with van der Waals surface area (Å²) in [5.74, 6) is -0.393. The average molecular weight is 290 g/mol. The van der Waals surface area contributed by atoms with Gasteiger partial charge < -0.3 is 10.4 Å². The number of aliphatic hydroxyl groups excluding tert-OH is 1. The quantitative estimate of drug-likeness (QED) is 0.599. The molecule has 0 saturated carbocycles. The zero-order valence-corrected chi connectivity index (χ0v) is 11.0. The number of carbonyl (C=O) groups excluding carboxylic acids is 1. The highest BCUT2D eigenvalue weighted by Crippen LogP contribution is 2.12. The van der Waals surface area contributed by atoms with E-state index in [2.05, 4.69) is 10.4 Å². The number of nitrogens with one attached hydrogen (secondary N) is 1. The lowest BCUT2D eigenvalue weighted by Crippen LogP contribution is -2.33. The van der Waals surface area contributed by atoms with Gasteiger partial charge >= 0.3 is 5.69 Å². The minimum Gasteiger partial charge on any atom is -0.394 e. The molecule has 8 nitrogen and oxygen atoms in total. The number of carbonyl (C=O) groups is 1. The summed E-state index contributed by atoms with van der Waals surface area (Å²) < 4.78 is 1.17. The van der Waals surface area contributed by atoms with Gasteiger partial charge in [-0.1, -0.05) is 30.3 Å². The molecule has 2 aromatic rings. The summed E-state index contributed by atoms with van der Waals surface area (Å²) in [5.41, 5.74) is 0.601. The monoisotopic (exact) mass is 290 g/mol. The number of nitro groups is 1. The molecule has 2 rings (SSSR count). The van der Waals surface area contributed by atoms with Crippen molar-refractivity contribution in [2.75, 3.05) is 6.61 Å². The van der Waals surface area contributed by atoms with Crippen LogP contribution in [0.25, 0.3) is 0 Å². The molecule has 0 aliphatic heterocycles. The van der Waals surface area contributed by atoms with Crippen molar-refractivity contribution in [2.45, 2.75) is 12.6 Å². The Bertz CT molecular complexity index is 626. The fourth-order valence-corrected chi connectivity index (χ4v) is 1.84. The molecule has 1 atom stereocenters. The topological polar surface area (TPSA) is 110 Å². The fourth-order valence-electron chi connectivity index (χ4n) is 1.84. The largest absolute Gasteiger partial charge is 0.394 e. The maximum Gasteiger partial charge on any atom is 0.307 e. The second-order valence-corrected chi connectivity index (χ2v) is 4.37. The van der Waals surface area contributed by atoms with Crippen molar-refractivity contribution in [3.05, 3.63) is 58.4 Å². The molecular weight excluding hydrogens is 276 g/mol. The number of benzene rings is 1. The lowest BCUT2D eigenvalue weighted by Gasteiger charge is -2.16. The Hall–Kier alpha value is -2.74. The highest BCUT2D eigenvalue weighted by atomic mass is 16.6. The summed E-state index contributed by atoms with van der Waals surface area (Å²) in [4.78, 5) is 21.8. The number of nitrogens with zero attached hydrogens (tertiary/aromatic N) is 3. The number of hydrogen-bond acceptors (Lipinski definition) is 5. The minimum absolute atomic E-state index is 0.156. The van der Waals surface area contributed by atoms with E-state index in [4.69, 9.17) is 0 Å². The van der Waals surface area contributed by atoms with Gasteiger partial charge in [-0.25, -0.2) is 0 Å². The number of aromatic nitrogens is 2. The van der Waals surface area contributed by atoms with E-state index in [1.54, 1.807) is 24.3 Å². The molecular formula is C13H14N4O4. The van der Waals surface area contributed by atoms with Crippen LogP contribution in [-0.4, -0.2) is 32.3 Å². The van der Waals surface area contributed by atoms with Crippen LogP contribution in [0.1, 0.15) is 11.6 Å². The number of hydrogen-bond donors (Lipinski definition) is 2. The van der Waals surface area contributed by atoms with Crippen LogP contribution in [-0.2, 0) is 11.3 Å². The zero-order chi connectivity index (χ0) is 15.2. The second-order valence-electron chi connectivity index (χ2n) is 4.37. The second kappa shape index (κ2) is 6.62. The van der Waals surface area contributed by atoms with Crippen molar-refractivity contribution in [1.29, 1.82) is 0 Å². The predicted molar refractivity (Wildman–Crippen MR) is 73.3 cm³/mol. The molecule has 0 unspecified atom stereocenters. The SMILES string of the molecule is O=C(Cn1cc([N+](=O)[O-])cn1)N[C@H](CO)c1ccccc1. The summed E-state index contributed by atoms with van der Waals surface area (Å²) in [7, 11) is 0. The average Bonchev–Trinajstić information content (AvgIpc) is 2.94. The van der Waals surface area contributed by atoms with Crippen molar-refractivity contribution in [2.24, 2.45) is 0 Å². The molecule has 8 heteroatoms. The molecule has 0 aliphatic rings. The molecule has 0 spiro atoms. The third-order valence-corrected chi connectivity index (χ3v) is 2.86. The summed E-state index contributed by atoms with van der Waals surface area (Å²) >= 11 is 0. The Morgan fingerprint density at radius 2 is 2.14 bits per heavy atom. The van der Waals surface area contributed by atoms with Crippen LogP contribution in [0.5, 0.6) is 0 Å². The molecule has 2 N–H and O–H groups in total. The highest BCUT2D eigenvalue weighted by Gasteiger charge is 2.15. The molecule has 0 fully saturated rings. The summed E-state index contributed by atoms with van der Waals surface area (Å²) in [5, 5.41) is 26.3. The third-order valence-electron chi connectivity index (χ3n) is 2.86. The van der Waals surface area contributed by atoms with E-state index in [-0.39, 0.29) is 18.8 Å². The maximum atomic E-state index is 11.9. The molecule has 0 aliphatic carbocycles. The molecule has 0 radical (unpaired) electrons. The van der Waals surface area contributed by atoms with Crippen molar-refractivity contribution in [1.82, 2.24) is 15.1 Å². The molecule has 1 aromatic heterocycles. The fraction of sp³-hybridized carbons (Fsp3) is 0.231. The van der Waals surface area contributed by atoms with Gasteiger partial charge in [0.25, 0.3) is 0 Å². The normalized spacial score (nSPS) is 11.9. The number of rotatable bonds is 6. The smallest absolute Gasteiger partial charge is 0.307 e. The minimum atomic E-state index is -0.581. The van der Waals surface area contributed by atoms with Crippen LogP contribution in [0.3, 0.4) is 0 Å². The van der Waals surface area contributed by atoms with Crippen molar-refractivity contribution in [3.63, 3.8) is 0 Å². The van der Waals surface area contributed by atoms with Crippen LogP contribution < -0.4 is 5.32 Å². The zero-order valence-electron chi connectivity index (χ0n) is 11.0. The first-order chi connectivity index (χ1) is 10.1. The molecule has 1 heterocycles. The molecule has 1 aromatic carbocycles. The lowest BCUT2D eigenvalue weighted by atomic mass is 10.1. The Balaban J connectivity index is 1.98. The van der Waals surface area contributed by atoms with Gasteiger partial charge in [-0.05, 0) is 5.56 Å². The molecule has 0 bridgehead atoms. The van der Waals surface area contributed by atoms with Crippen LogP contribution >= 0.6 is 0 Å². The van der Waals surface area contributed by atoms with Gasteiger partial charge in [0.05, 0.1) is 17.6 Å². The van der Waals surface area contributed by atoms with E-state index in [1.165, 1.54) is 10.9 Å². The van der Waals surface area contributed by atoms with Crippen molar-refractivity contribution >= 4 is 11.6 Å². The maximum absolute atomic E-state index is 11.9. The first kappa shape index (κ1) is 14.7. The Morgan fingerprint density at radius 1 is 1.43 bits per heavy atom. The van der Waals surface area contributed by atoms with Gasteiger partial charge in [-0.3, -0.25) is 19.6 Å². The molecule has 110 valence electrons. The highest BCUT2D eigenvalue weighted by molar-refractivity contribution is 5.76. The first-order valence-corrected chi connectivity index (χ1v) is 6.22. The van der Waals surface area contributed by atoms with Crippen LogP contribution in [0.2, 0.25) is 0 Å².